The highest BCUT2D eigenvalue weighted by Gasteiger charge is 2.34. The van der Waals surface area contributed by atoms with Crippen LogP contribution >= 0.6 is 11.8 Å². The third-order valence-electron chi connectivity index (χ3n) is 7.00. The summed E-state index contributed by atoms with van der Waals surface area (Å²) in [6, 6.07) is 32.7. The van der Waals surface area contributed by atoms with E-state index < -0.39 is 15.9 Å². The Balaban J connectivity index is 1.17. The molecule has 0 saturated carbocycles. The van der Waals surface area contributed by atoms with E-state index in [4.69, 9.17) is 19.0 Å². The normalized spacial score (nSPS) is 14.8. The van der Waals surface area contributed by atoms with Gasteiger partial charge in [-0.15, -0.1) is 5.10 Å². The van der Waals surface area contributed by atoms with Crippen molar-refractivity contribution in [3.05, 3.63) is 143 Å². The fourth-order valence-corrected chi connectivity index (χ4v) is 6.09. The van der Waals surface area contributed by atoms with Crippen molar-refractivity contribution < 1.29 is 31.9 Å². The zero-order chi connectivity index (χ0) is 34.9. The van der Waals surface area contributed by atoms with E-state index in [2.05, 4.69) is 15.5 Å². The molecule has 1 aliphatic rings. The molecular weight excluding hydrogens is 679 g/mol. The van der Waals surface area contributed by atoms with Crippen LogP contribution in [0.25, 0.3) is 6.08 Å². The van der Waals surface area contributed by atoms with Crippen LogP contribution in [0.3, 0.4) is 0 Å². The van der Waals surface area contributed by atoms with Gasteiger partial charge in [0.25, 0.3) is 11.8 Å². The van der Waals surface area contributed by atoms with Crippen LogP contribution in [0.5, 0.6) is 17.2 Å². The lowest BCUT2D eigenvalue weighted by Crippen LogP contribution is -2.28. The smallest absolute Gasteiger partial charge is 0.267 e. The highest BCUT2D eigenvalue weighted by Crippen LogP contribution is 2.35. The van der Waals surface area contributed by atoms with E-state index in [1.54, 1.807) is 48.7 Å². The molecule has 0 atom stereocenters. The molecule has 12 nitrogen and oxygen atoms in total. The van der Waals surface area contributed by atoms with Crippen molar-refractivity contribution in [1.29, 1.82) is 0 Å². The molecule has 1 fully saturated rings. The number of primary sulfonamides is 1. The van der Waals surface area contributed by atoms with Gasteiger partial charge in [0, 0.05) is 11.3 Å². The van der Waals surface area contributed by atoms with Crippen LogP contribution in [0.4, 0.5) is 5.69 Å². The number of sulfonamides is 1. The number of amides is 2. The predicted molar refractivity (Wildman–Crippen MR) is 191 cm³/mol. The molecule has 2 amide bonds. The summed E-state index contributed by atoms with van der Waals surface area (Å²) in [5.41, 5.74) is 1.68. The first-order chi connectivity index (χ1) is 24.2. The number of amidine groups is 1. The van der Waals surface area contributed by atoms with Crippen LogP contribution in [0, 0.1) is 0 Å². The average molecular weight is 708 g/mol. The van der Waals surface area contributed by atoms with Gasteiger partial charge < -0.3 is 19.2 Å². The molecule has 6 rings (SSSR count). The number of rotatable bonds is 12. The van der Waals surface area contributed by atoms with Gasteiger partial charge in [-0.05, 0) is 90.1 Å². The number of furan rings is 1. The van der Waals surface area contributed by atoms with Gasteiger partial charge >= 0.3 is 0 Å². The largest absolute Gasteiger partial charge is 0.483 e. The van der Waals surface area contributed by atoms with Crippen LogP contribution in [-0.4, -0.2) is 43.1 Å². The van der Waals surface area contributed by atoms with E-state index in [9.17, 15) is 18.0 Å². The number of para-hydroxylation sites is 2. The summed E-state index contributed by atoms with van der Waals surface area (Å²) in [5.74, 6) is 1.50. The molecule has 5 aromatic rings. The molecular formula is C36H29N5O7S2. The van der Waals surface area contributed by atoms with E-state index in [0.717, 1.165) is 17.3 Å². The van der Waals surface area contributed by atoms with E-state index in [1.165, 1.54) is 35.4 Å². The zero-order valence-electron chi connectivity index (χ0n) is 26.2. The lowest BCUT2D eigenvalue weighted by Gasteiger charge is -2.12. The second-order valence-corrected chi connectivity index (χ2v) is 13.2. The molecule has 2 heterocycles. The van der Waals surface area contributed by atoms with Gasteiger partial charge in [-0.1, -0.05) is 48.5 Å². The maximum atomic E-state index is 13.7. The second-order valence-electron chi connectivity index (χ2n) is 10.6. The first-order valence-corrected chi connectivity index (χ1v) is 17.4. The van der Waals surface area contributed by atoms with Crippen LogP contribution in [0.15, 0.2) is 146 Å². The van der Waals surface area contributed by atoms with Crippen molar-refractivity contribution >= 4 is 56.7 Å². The minimum atomic E-state index is -3.85. The summed E-state index contributed by atoms with van der Waals surface area (Å²) in [6.45, 7) is -0.205. The van der Waals surface area contributed by atoms with Crippen molar-refractivity contribution in [1.82, 2.24) is 4.90 Å². The number of thioether (sulfide) groups is 1. The first-order valence-electron chi connectivity index (χ1n) is 15.0. The summed E-state index contributed by atoms with van der Waals surface area (Å²) in [4.78, 5) is 28.0. The van der Waals surface area contributed by atoms with Gasteiger partial charge in [-0.25, -0.2) is 13.6 Å². The minimum Gasteiger partial charge on any atom is -0.483 e. The fraction of sp³-hybridized carbons (Fsp3) is 0.0556. The van der Waals surface area contributed by atoms with Crippen LogP contribution < -0.4 is 19.9 Å². The third kappa shape index (κ3) is 8.93. The number of carbonyl (C=O) groups excluding carboxylic acids is 2. The van der Waals surface area contributed by atoms with Gasteiger partial charge in [0.1, 0.15) is 23.0 Å². The minimum absolute atomic E-state index is 0.0739. The molecule has 1 aliphatic heterocycles. The number of nitrogens with two attached hydrogens (primary N) is 1. The number of ether oxygens (including phenoxy) is 2. The average Bonchev–Trinajstić information content (AvgIpc) is 3.73. The van der Waals surface area contributed by atoms with Crippen LogP contribution in [0.1, 0.15) is 16.9 Å². The van der Waals surface area contributed by atoms with Crippen LogP contribution in [0.2, 0.25) is 0 Å². The van der Waals surface area contributed by atoms with E-state index in [-0.39, 0.29) is 24.0 Å². The Morgan fingerprint density at radius 3 is 2.44 bits per heavy atom. The number of anilines is 1. The number of benzene rings is 4. The molecule has 3 N–H and O–H groups in total. The molecule has 0 radical (unpaired) electrons. The number of nitrogens with zero attached hydrogens (tertiary/aromatic N) is 3. The molecule has 14 heteroatoms. The number of nitrogens with one attached hydrogen (secondary N) is 1. The molecule has 252 valence electrons. The summed E-state index contributed by atoms with van der Waals surface area (Å²) in [7, 11) is -3.85. The van der Waals surface area contributed by atoms with Crippen molar-refractivity contribution in [3.8, 4) is 17.2 Å². The summed E-state index contributed by atoms with van der Waals surface area (Å²) < 4.78 is 40.2. The Labute approximate surface area is 292 Å². The molecule has 0 spiro atoms. The highest BCUT2D eigenvalue weighted by atomic mass is 32.2. The number of hydrogen-bond acceptors (Lipinski definition) is 10. The lowest BCUT2D eigenvalue weighted by atomic mass is 10.2. The summed E-state index contributed by atoms with van der Waals surface area (Å²) >= 11 is 1.14. The van der Waals surface area contributed by atoms with Gasteiger partial charge in [0.2, 0.25) is 10.0 Å². The predicted octanol–water partition coefficient (Wildman–Crippen LogP) is 6.24. The van der Waals surface area contributed by atoms with E-state index >= 15 is 0 Å². The molecule has 1 saturated heterocycles. The van der Waals surface area contributed by atoms with Crippen molar-refractivity contribution in [2.24, 2.45) is 15.3 Å². The van der Waals surface area contributed by atoms with E-state index in [1.807, 2.05) is 54.6 Å². The van der Waals surface area contributed by atoms with Crippen LogP contribution in [-0.2, 0) is 26.2 Å². The first kappa shape index (κ1) is 33.9. The van der Waals surface area contributed by atoms with Gasteiger partial charge in [0.05, 0.1) is 28.8 Å². The Bertz CT molecular complexity index is 2190. The topological polar surface area (TPSA) is 166 Å². The van der Waals surface area contributed by atoms with Gasteiger partial charge in [-0.2, -0.15) is 5.10 Å². The Morgan fingerprint density at radius 1 is 0.920 bits per heavy atom. The second kappa shape index (κ2) is 15.5. The Kier molecular flexibility index (Phi) is 10.5. The fourth-order valence-electron chi connectivity index (χ4n) is 4.65. The molecule has 0 aliphatic carbocycles. The number of carbonyl (C=O) groups is 2. The third-order valence-corrected chi connectivity index (χ3v) is 8.93. The Morgan fingerprint density at radius 2 is 1.68 bits per heavy atom. The van der Waals surface area contributed by atoms with E-state index in [0.29, 0.717) is 44.3 Å². The SMILES string of the molecule is NS(=O)(=O)c1ccc(NC(=O)COc2ccccc2/C=C2\S/C(=N/N=C\c3cccc(Oc4ccccc4)c3)N(Cc3ccco3)C2=O)cc1. The lowest BCUT2D eigenvalue weighted by molar-refractivity contribution is -0.122. The molecule has 0 bridgehead atoms. The standard InChI is InChI=1S/C36H29N5O7S2/c37-50(44,45)31-17-15-27(16-18-31)39-34(42)24-47-32-14-5-4-9-26(32)21-33-35(43)41(23-30-13-7-19-46-30)36(49-33)40-38-22-25-8-6-12-29(20-25)48-28-10-2-1-3-11-28/h1-22H,23-24H2,(H,39,42)(H2,37,44,45)/b33-21-,38-22-,40-36+. The van der Waals surface area contributed by atoms with Gasteiger partial charge in [-0.3, -0.25) is 14.5 Å². The monoisotopic (exact) mass is 707 g/mol. The zero-order valence-corrected chi connectivity index (χ0v) is 27.8. The van der Waals surface area contributed by atoms with Crippen molar-refractivity contribution in [3.63, 3.8) is 0 Å². The molecule has 0 unspecified atom stereocenters. The van der Waals surface area contributed by atoms with Crippen molar-refractivity contribution in [2.45, 2.75) is 11.4 Å². The maximum absolute atomic E-state index is 13.7. The summed E-state index contributed by atoms with van der Waals surface area (Å²) in [6.07, 6.45) is 4.77. The number of hydrogen-bond donors (Lipinski definition) is 2. The highest BCUT2D eigenvalue weighted by molar-refractivity contribution is 8.18. The molecule has 4 aromatic carbocycles. The van der Waals surface area contributed by atoms with Crippen molar-refractivity contribution in [2.75, 3.05) is 11.9 Å². The molecule has 1 aromatic heterocycles. The quantitative estimate of drug-likeness (QED) is 0.0873. The van der Waals surface area contributed by atoms with Gasteiger partial charge in [0.15, 0.2) is 11.8 Å². The Hall–Kier alpha value is -5.96. The maximum Gasteiger partial charge on any atom is 0.267 e. The molecule has 50 heavy (non-hydrogen) atoms. The summed E-state index contributed by atoms with van der Waals surface area (Å²) in [5, 5.41) is 16.8.